The highest BCUT2D eigenvalue weighted by Crippen LogP contribution is 2.27. The molecule has 1 aromatic heterocycles. The Hall–Kier alpha value is -3.33. The van der Waals surface area contributed by atoms with Gasteiger partial charge in [-0.2, -0.15) is 5.10 Å². The number of nitrogens with zero attached hydrogens (tertiary/aromatic N) is 2. The standard InChI is InChI=1S/C21H24N4O4S/c1-27-16-7-5-15(6-8-16)20-23-24-21(30)25(20)11-10-19(26)22-13-14-4-9-17(28-2)18(12-14)29-3/h4-9,12H,10-11,13H2,1-3H3,(H,22,26)(H,24,30). The number of amides is 1. The van der Waals surface area contributed by atoms with Crippen molar-refractivity contribution in [2.75, 3.05) is 21.3 Å². The molecule has 0 unspecified atom stereocenters. The van der Waals surface area contributed by atoms with Crippen LogP contribution in [0.25, 0.3) is 11.4 Å². The van der Waals surface area contributed by atoms with Gasteiger partial charge in [0, 0.05) is 25.1 Å². The number of benzene rings is 2. The van der Waals surface area contributed by atoms with Gasteiger partial charge in [-0.05, 0) is 54.2 Å². The number of hydrogen-bond acceptors (Lipinski definition) is 6. The zero-order valence-electron chi connectivity index (χ0n) is 17.1. The zero-order valence-corrected chi connectivity index (χ0v) is 17.9. The van der Waals surface area contributed by atoms with Crippen molar-refractivity contribution in [2.45, 2.75) is 19.5 Å². The van der Waals surface area contributed by atoms with Gasteiger partial charge in [0.2, 0.25) is 5.91 Å². The first-order valence-corrected chi connectivity index (χ1v) is 9.73. The van der Waals surface area contributed by atoms with E-state index in [1.807, 2.05) is 47.0 Å². The van der Waals surface area contributed by atoms with Crippen LogP contribution in [0, 0.1) is 4.77 Å². The number of hydrogen-bond donors (Lipinski definition) is 2. The van der Waals surface area contributed by atoms with Gasteiger partial charge in [-0.1, -0.05) is 6.07 Å². The molecule has 3 rings (SSSR count). The lowest BCUT2D eigenvalue weighted by molar-refractivity contribution is -0.121. The minimum atomic E-state index is -0.0893. The highest BCUT2D eigenvalue weighted by Gasteiger charge is 2.11. The van der Waals surface area contributed by atoms with Crippen LogP contribution < -0.4 is 19.5 Å². The van der Waals surface area contributed by atoms with Crippen molar-refractivity contribution in [1.29, 1.82) is 0 Å². The molecule has 158 valence electrons. The molecule has 0 aliphatic rings. The minimum absolute atomic E-state index is 0.0893. The summed E-state index contributed by atoms with van der Waals surface area (Å²) in [7, 11) is 4.78. The summed E-state index contributed by atoms with van der Waals surface area (Å²) in [5, 5.41) is 10.0. The van der Waals surface area contributed by atoms with Crippen molar-refractivity contribution in [2.24, 2.45) is 0 Å². The smallest absolute Gasteiger partial charge is 0.222 e. The van der Waals surface area contributed by atoms with E-state index in [1.54, 1.807) is 21.3 Å². The summed E-state index contributed by atoms with van der Waals surface area (Å²) in [4.78, 5) is 12.4. The molecule has 0 saturated carbocycles. The van der Waals surface area contributed by atoms with E-state index in [-0.39, 0.29) is 12.3 Å². The van der Waals surface area contributed by atoms with Crippen LogP contribution in [0.1, 0.15) is 12.0 Å². The molecule has 0 fully saturated rings. The van der Waals surface area contributed by atoms with Crippen molar-refractivity contribution in [3.63, 3.8) is 0 Å². The molecule has 30 heavy (non-hydrogen) atoms. The van der Waals surface area contributed by atoms with E-state index in [0.29, 0.717) is 35.2 Å². The summed E-state index contributed by atoms with van der Waals surface area (Å²) < 4.78 is 18.0. The second kappa shape index (κ2) is 9.93. The summed E-state index contributed by atoms with van der Waals surface area (Å²) in [6.45, 7) is 0.801. The Bertz CT molecular complexity index is 1060. The van der Waals surface area contributed by atoms with Gasteiger partial charge in [0.25, 0.3) is 0 Å². The van der Waals surface area contributed by atoms with Gasteiger partial charge in [0.15, 0.2) is 22.1 Å². The molecule has 2 aromatic carbocycles. The van der Waals surface area contributed by atoms with Crippen LogP contribution in [-0.2, 0) is 17.9 Å². The van der Waals surface area contributed by atoms with Gasteiger partial charge in [-0.3, -0.25) is 14.5 Å². The number of carbonyl (C=O) groups is 1. The molecular formula is C21H24N4O4S. The lowest BCUT2D eigenvalue weighted by Gasteiger charge is -2.11. The fraction of sp³-hybridized carbons (Fsp3) is 0.286. The van der Waals surface area contributed by atoms with Crippen LogP contribution in [0.2, 0.25) is 0 Å². The van der Waals surface area contributed by atoms with Gasteiger partial charge >= 0.3 is 0 Å². The molecule has 2 N–H and O–H groups in total. The molecule has 0 radical (unpaired) electrons. The first-order valence-electron chi connectivity index (χ1n) is 9.33. The molecule has 0 bridgehead atoms. The van der Waals surface area contributed by atoms with E-state index in [2.05, 4.69) is 15.5 Å². The van der Waals surface area contributed by atoms with Gasteiger partial charge in [0.1, 0.15) is 5.75 Å². The molecule has 0 aliphatic carbocycles. The third-order valence-electron chi connectivity index (χ3n) is 4.61. The molecule has 3 aromatic rings. The van der Waals surface area contributed by atoms with Crippen molar-refractivity contribution in [3.05, 3.63) is 52.8 Å². The summed E-state index contributed by atoms with van der Waals surface area (Å²) in [6.07, 6.45) is 0.268. The second-order valence-electron chi connectivity index (χ2n) is 6.45. The SMILES string of the molecule is COc1ccc(-c2n[nH]c(=S)n2CCC(=O)NCc2ccc(OC)c(OC)c2)cc1. The molecule has 9 heteroatoms. The van der Waals surface area contributed by atoms with Gasteiger partial charge in [-0.25, -0.2) is 0 Å². The Morgan fingerprint density at radius 3 is 2.47 bits per heavy atom. The number of nitrogens with one attached hydrogen (secondary N) is 2. The predicted molar refractivity (Wildman–Crippen MR) is 115 cm³/mol. The van der Waals surface area contributed by atoms with Crippen molar-refractivity contribution in [1.82, 2.24) is 20.1 Å². The topological polar surface area (TPSA) is 90.4 Å². The Morgan fingerprint density at radius 1 is 1.07 bits per heavy atom. The number of H-pyrrole nitrogens is 1. The van der Waals surface area contributed by atoms with Crippen molar-refractivity contribution in [3.8, 4) is 28.6 Å². The predicted octanol–water partition coefficient (Wildman–Crippen LogP) is 3.34. The summed E-state index contributed by atoms with van der Waals surface area (Å²) >= 11 is 5.33. The highest BCUT2D eigenvalue weighted by molar-refractivity contribution is 7.71. The van der Waals surface area contributed by atoms with Gasteiger partial charge < -0.3 is 19.5 Å². The van der Waals surface area contributed by atoms with Crippen LogP contribution in [0.15, 0.2) is 42.5 Å². The molecule has 0 atom stereocenters. The maximum absolute atomic E-state index is 12.4. The Morgan fingerprint density at radius 2 is 1.80 bits per heavy atom. The number of aromatic nitrogens is 3. The Balaban J connectivity index is 1.61. The van der Waals surface area contributed by atoms with Crippen molar-refractivity contribution >= 4 is 18.1 Å². The number of aromatic amines is 1. The minimum Gasteiger partial charge on any atom is -0.497 e. The normalized spacial score (nSPS) is 10.5. The molecular weight excluding hydrogens is 404 g/mol. The number of carbonyl (C=O) groups excluding carboxylic acids is 1. The second-order valence-corrected chi connectivity index (χ2v) is 6.84. The first-order chi connectivity index (χ1) is 14.5. The third-order valence-corrected chi connectivity index (χ3v) is 4.92. The van der Waals surface area contributed by atoms with Gasteiger partial charge in [0.05, 0.1) is 21.3 Å². The van der Waals surface area contributed by atoms with Crippen LogP contribution in [0.5, 0.6) is 17.2 Å². The largest absolute Gasteiger partial charge is 0.497 e. The fourth-order valence-electron chi connectivity index (χ4n) is 2.98. The van der Waals surface area contributed by atoms with Crippen LogP contribution in [0.4, 0.5) is 0 Å². The maximum Gasteiger partial charge on any atom is 0.222 e. The van der Waals surface area contributed by atoms with Crippen LogP contribution in [0.3, 0.4) is 0 Å². The molecule has 8 nitrogen and oxygen atoms in total. The molecule has 0 aliphatic heterocycles. The fourth-order valence-corrected chi connectivity index (χ4v) is 3.20. The summed E-state index contributed by atoms with van der Waals surface area (Å²) in [5.41, 5.74) is 1.80. The number of ether oxygens (including phenoxy) is 3. The maximum atomic E-state index is 12.4. The molecule has 1 amide bonds. The van der Waals surface area contributed by atoms with E-state index in [4.69, 9.17) is 26.4 Å². The first kappa shape index (κ1) is 21.4. The zero-order chi connectivity index (χ0) is 21.5. The Labute approximate surface area is 179 Å². The monoisotopic (exact) mass is 428 g/mol. The lowest BCUT2D eigenvalue weighted by Crippen LogP contribution is -2.24. The lowest BCUT2D eigenvalue weighted by atomic mass is 10.2. The molecule has 0 saturated heterocycles. The molecule has 0 spiro atoms. The van der Waals surface area contributed by atoms with E-state index < -0.39 is 0 Å². The van der Waals surface area contributed by atoms with E-state index in [9.17, 15) is 4.79 Å². The van der Waals surface area contributed by atoms with E-state index in [1.165, 1.54) is 0 Å². The third kappa shape index (κ3) is 4.98. The summed E-state index contributed by atoms with van der Waals surface area (Å²) in [5.74, 6) is 2.61. The average molecular weight is 429 g/mol. The number of rotatable bonds is 9. The van der Waals surface area contributed by atoms with Crippen molar-refractivity contribution < 1.29 is 19.0 Å². The van der Waals surface area contributed by atoms with E-state index in [0.717, 1.165) is 16.9 Å². The van der Waals surface area contributed by atoms with Gasteiger partial charge in [-0.15, -0.1) is 0 Å². The highest BCUT2D eigenvalue weighted by atomic mass is 32.1. The molecule has 1 heterocycles. The van der Waals surface area contributed by atoms with E-state index >= 15 is 0 Å². The van der Waals surface area contributed by atoms with Crippen LogP contribution >= 0.6 is 12.2 Å². The van der Waals surface area contributed by atoms with Crippen LogP contribution in [-0.4, -0.2) is 42.0 Å². The number of methoxy groups -OCH3 is 3. The quantitative estimate of drug-likeness (QED) is 0.508. The Kier molecular flexibility index (Phi) is 7.08. The average Bonchev–Trinajstić information content (AvgIpc) is 3.16. The summed E-state index contributed by atoms with van der Waals surface area (Å²) in [6, 6.07) is 13.0.